The molecular weight excluding hydrogens is 402 g/mol. The molecule has 4 rings (SSSR count). The number of ketones is 1. The van der Waals surface area contributed by atoms with Gasteiger partial charge in [-0.15, -0.1) is 0 Å². The van der Waals surface area contributed by atoms with E-state index in [0.29, 0.717) is 47.1 Å². The van der Waals surface area contributed by atoms with Gasteiger partial charge in [0.15, 0.2) is 11.5 Å². The maximum atomic E-state index is 12.9. The second-order valence-corrected chi connectivity index (χ2v) is 7.71. The molecule has 1 aliphatic carbocycles. The molecule has 5 nitrogen and oxygen atoms in total. The van der Waals surface area contributed by atoms with Crippen LogP contribution in [-0.4, -0.2) is 23.7 Å². The summed E-state index contributed by atoms with van der Waals surface area (Å²) >= 11 is 0. The van der Waals surface area contributed by atoms with Gasteiger partial charge in [-0.2, -0.15) is 0 Å². The van der Waals surface area contributed by atoms with E-state index in [1.165, 1.54) is 0 Å². The van der Waals surface area contributed by atoms with Gasteiger partial charge in [-0.3, -0.25) is 4.79 Å². The zero-order valence-electron chi connectivity index (χ0n) is 18.1. The van der Waals surface area contributed by atoms with Gasteiger partial charge in [0.25, 0.3) is 0 Å². The average molecular weight is 428 g/mol. The number of carbonyl (C=O) groups excluding carboxylic acids is 1. The summed E-state index contributed by atoms with van der Waals surface area (Å²) in [6.07, 6.45) is 0.762. The van der Waals surface area contributed by atoms with E-state index in [9.17, 15) is 9.90 Å². The van der Waals surface area contributed by atoms with Crippen LogP contribution in [0.4, 0.5) is 5.69 Å². The van der Waals surface area contributed by atoms with Crippen molar-refractivity contribution >= 4 is 17.2 Å². The number of methoxy groups -OCH3 is 1. The van der Waals surface area contributed by atoms with Crippen LogP contribution < -0.4 is 9.47 Å². The van der Waals surface area contributed by atoms with Crippen LogP contribution in [0.15, 0.2) is 95.2 Å². The Kier molecular flexibility index (Phi) is 6.36. The van der Waals surface area contributed by atoms with Gasteiger partial charge in [-0.05, 0) is 42.7 Å². The fourth-order valence-electron chi connectivity index (χ4n) is 3.93. The van der Waals surface area contributed by atoms with Crippen LogP contribution in [0.3, 0.4) is 0 Å². The van der Waals surface area contributed by atoms with E-state index in [4.69, 9.17) is 9.47 Å². The third-order valence-electron chi connectivity index (χ3n) is 5.49. The number of ether oxygens (including phenoxy) is 2. The summed E-state index contributed by atoms with van der Waals surface area (Å²) in [4.78, 5) is 17.6. The van der Waals surface area contributed by atoms with E-state index in [1.54, 1.807) is 20.1 Å². The van der Waals surface area contributed by atoms with Crippen molar-refractivity contribution in [2.75, 3.05) is 7.11 Å². The molecule has 0 spiro atoms. The van der Waals surface area contributed by atoms with Crippen LogP contribution in [0.2, 0.25) is 0 Å². The minimum atomic E-state index is -0.102. The van der Waals surface area contributed by atoms with Gasteiger partial charge in [-0.25, -0.2) is 4.99 Å². The highest BCUT2D eigenvalue weighted by Gasteiger charge is 2.30. The van der Waals surface area contributed by atoms with Gasteiger partial charge < -0.3 is 14.6 Å². The fraction of sp³-hybridized carbons (Fsp3) is 0.185. The number of hydrogen-bond acceptors (Lipinski definition) is 5. The number of Topliss-reactive ketones (excluding diaryl/α,β-unsaturated/α-hetero) is 1. The van der Waals surface area contributed by atoms with Gasteiger partial charge in [0.2, 0.25) is 0 Å². The Balaban J connectivity index is 1.61. The maximum Gasteiger partial charge on any atom is 0.168 e. The van der Waals surface area contributed by atoms with Crippen LogP contribution >= 0.6 is 0 Å². The van der Waals surface area contributed by atoms with Gasteiger partial charge >= 0.3 is 0 Å². The van der Waals surface area contributed by atoms with Crippen LogP contribution in [0, 0.1) is 0 Å². The van der Waals surface area contributed by atoms with Crippen LogP contribution in [0.25, 0.3) is 0 Å². The smallest absolute Gasteiger partial charge is 0.168 e. The van der Waals surface area contributed by atoms with Crippen molar-refractivity contribution < 1.29 is 19.4 Å². The van der Waals surface area contributed by atoms with Gasteiger partial charge in [0.05, 0.1) is 18.4 Å². The number of aliphatic imine (C=N–C) groups is 1. The zero-order valence-corrected chi connectivity index (χ0v) is 18.1. The lowest BCUT2D eigenvalue weighted by Gasteiger charge is -2.23. The van der Waals surface area contributed by atoms with Crippen molar-refractivity contribution in [2.24, 2.45) is 4.99 Å². The third kappa shape index (κ3) is 4.72. The number of nitrogens with zero attached hydrogens (tertiary/aromatic N) is 1. The van der Waals surface area contributed by atoms with Crippen molar-refractivity contribution in [2.45, 2.75) is 25.7 Å². The second-order valence-electron chi connectivity index (χ2n) is 7.71. The SMILES string of the molecule is COc1cccc(Oc2ccccc2N=C(C)C2=C(O)CC(c3ccccc3)CC2=O)c1. The minimum Gasteiger partial charge on any atom is -0.511 e. The molecule has 0 heterocycles. The molecule has 0 fully saturated rings. The Labute approximate surface area is 187 Å². The van der Waals surface area contributed by atoms with Crippen LogP contribution in [-0.2, 0) is 4.79 Å². The second kappa shape index (κ2) is 9.52. The lowest BCUT2D eigenvalue weighted by atomic mass is 9.81. The Hall–Kier alpha value is -3.86. The quantitative estimate of drug-likeness (QED) is 0.454. The normalized spacial score (nSPS) is 16.8. The molecule has 1 N–H and O–H groups in total. The first-order valence-electron chi connectivity index (χ1n) is 10.5. The Bertz CT molecular complexity index is 1180. The molecule has 1 unspecified atom stereocenters. The summed E-state index contributed by atoms with van der Waals surface area (Å²) < 4.78 is 11.3. The van der Waals surface area contributed by atoms with Crippen molar-refractivity contribution in [3.8, 4) is 17.2 Å². The molecule has 0 saturated heterocycles. The topological polar surface area (TPSA) is 68.1 Å². The Morgan fingerprint density at radius 3 is 2.41 bits per heavy atom. The molecule has 1 aliphatic rings. The summed E-state index contributed by atoms with van der Waals surface area (Å²) in [7, 11) is 1.60. The van der Waals surface area contributed by atoms with Crippen LogP contribution in [0.5, 0.6) is 17.2 Å². The number of rotatable bonds is 6. The standard InChI is InChI=1S/C27H25NO4/c1-18(27-24(29)15-20(16-25(27)30)19-9-4-3-5-10-19)28-23-13-6-7-14-26(23)32-22-12-8-11-21(17-22)31-2/h3-14,17,20,29H,15-16H2,1-2H3. The summed E-state index contributed by atoms with van der Waals surface area (Å²) in [6, 6.07) is 24.5. The number of aliphatic hydroxyl groups is 1. The highest BCUT2D eigenvalue weighted by atomic mass is 16.5. The van der Waals surface area contributed by atoms with E-state index in [0.717, 1.165) is 5.56 Å². The molecule has 0 amide bonds. The van der Waals surface area contributed by atoms with E-state index in [2.05, 4.69) is 4.99 Å². The van der Waals surface area contributed by atoms with Crippen molar-refractivity contribution in [3.05, 3.63) is 95.8 Å². The molecule has 3 aromatic rings. The molecular formula is C27H25NO4. The summed E-state index contributed by atoms with van der Waals surface area (Å²) in [5.74, 6) is 1.81. The summed E-state index contributed by atoms with van der Waals surface area (Å²) in [6.45, 7) is 1.74. The largest absolute Gasteiger partial charge is 0.511 e. The molecule has 0 bridgehead atoms. The van der Waals surface area contributed by atoms with E-state index >= 15 is 0 Å². The molecule has 0 radical (unpaired) electrons. The van der Waals surface area contributed by atoms with Gasteiger partial charge in [0, 0.05) is 18.9 Å². The minimum absolute atomic E-state index is 0.0241. The number of para-hydroxylation sites is 2. The lowest BCUT2D eigenvalue weighted by molar-refractivity contribution is -0.116. The highest BCUT2D eigenvalue weighted by molar-refractivity contribution is 6.23. The maximum absolute atomic E-state index is 12.9. The average Bonchev–Trinajstić information content (AvgIpc) is 2.80. The molecule has 0 aromatic heterocycles. The van der Waals surface area contributed by atoms with Crippen molar-refractivity contribution in [1.82, 2.24) is 0 Å². The molecule has 0 saturated carbocycles. The Morgan fingerprint density at radius 1 is 0.938 bits per heavy atom. The first-order valence-corrected chi connectivity index (χ1v) is 10.5. The summed E-state index contributed by atoms with van der Waals surface area (Å²) in [5, 5.41) is 10.7. The zero-order chi connectivity index (χ0) is 22.5. The Morgan fingerprint density at radius 2 is 1.66 bits per heavy atom. The molecule has 5 heteroatoms. The summed E-state index contributed by atoms with van der Waals surface area (Å²) in [5.41, 5.74) is 2.40. The van der Waals surface area contributed by atoms with Gasteiger partial charge in [-0.1, -0.05) is 48.5 Å². The van der Waals surface area contributed by atoms with Crippen molar-refractivity contribution in [1.29, 1.82) is 0 Å². The number of aliphatic hydroxyl groups excluding tert-OH is 1. The monoisotopic (exact) mass is 427 g/mol. The third-order valence-corrected chi connectivity index (χ3v) is 5.49. The lowest BCUT2D eigenvalue weighted by Crippen LogP contribution is -2.22. The number of carbonyl (C=O) groups is 1. The van der Waals surface area contributed by atoms with E-state index in [1.807, 2.05) is 72.8 Å². The predicted octanol–water partition coefficient (Wildman–Crippen LogP) is 6.54. The number of hydrogen-bond donors (Lipinski definition) is 1. The molecule has 32 heavy (non-hydrogen) atoms. The molecule has 3 aromatic carbocycles. The molecule has 162 valence electrons. The first kappa shape index (κ1) is 21.4. The van der Waals surface area contributed by atoms with Crippen molar-refractivity contribution in [3.63, 3.8) is 0 Å². The first-order chi connectivity index (χ1) is 15.5. The van der Waals surface area contributed by atoms with E-state index in [-0.39, 0.29) is 17.5 Å². The number of benzene rings is 3. The fourth-order valence-corrected chi connectivity index (χ4v) is 3.93. The van der Waals surface area contributed by atoms with Gasteiger partial charge in [0.1, 0.15) is 22.9 Å². The highest BCUT2D eigenvalue weighted by Crippen LogP contribution is 2.36. The number of allylic oxidation sites excluding steroid dienone is 2. The van der Waals surface area contributed by atoms with E-state index < -0.39 is 0 Å². The molecule has 1 atom stereocenters. The predicted molar refractivity (Wildman–Crippen MR) is 125 cm³/mol. The van der Waals surface area contributed by atoms with Crippen LogP contribution in [0.1, 0.15) is 31.2 Å². The molecule has 0 aliphatic heterocycles.